The summed E-state index contributed by atoms with van der Waals surface area (Å²) in [5, 5.41) is 4.40. The second-order valence-corrected chi connectivity index (χ2v) is 9.88. The van der Waals surface area contributed by atoms with E-state index in [1.807, 2.05) is 6.07 Å². The van der Waals surface area contributed by atoms with Crippen LogP contribution in [0.1, 0.15) is 17.5 Å². The fourth-order valence-electron chi connectivity index (χ4n) is 4.25. The van der Waals surface area contributed by atoms with Crippen molar-refractivity contribution in [1.82, 2.24) is 15.0 Å². The quantitative estimate of drug-likeness (QED) is 0.555. The summed E-state index contributed by atoms with van der Waals surface area (Å²) in [4.78, 5) is 17.2. The molecule has 0 bridgehead atoms. The van der Waals surface area contributed by atoms with Crippen LogP contribution in [0.5, 0.6) is 0 Å². The Morgan fingerprint density at radius 2 is 2.06 bits per heavy atom. The van der Waals surface area contributed by atoms with Crippen molar-refractivity contribution in [2.24, 2.45) is 0 Å². The number of aromatic amines is 1. The predicted molar refractivity (Wildman–Crippen MR) is 116 cm³/mol. The summed E-state index contributed by atoms with van der Waals surface area (Å²) >= 11 is 6.05. The number of fused-ring (bicyclic) bond motifs is 2. The normalized spacial score (nSPS) is 19.2. The number of hydrogen-bond acceptors (Lipinski definition) is 4. The van der Waals surface area contributed by atoms with Crippen molar-refractivity contribution in [2.75, 3.05) is 18.0 Å². The van der Waals surface area contributed by atoms with Crippen LogP contribution in [0, 0.1) is 5.82 Å². The summed E-state index contributed by atoms with van der Waals surface area (Å²) in [6.45, 7) is 1.52. The van der Waals surface area contributed by atoms with Crippen LogP contribution in [0.2, 0.25) is 5.02 Å². The third kappa shape index (κ3) is 3.51. The first-order valence-corrected chi connectivity index (χ1v) is 11.8. The molecule has 2 aliphatic heterocycles. The van der Waals surface area contributed by atoms with Crippen molar-refractivity contribution in [1.29, 1.82) is 0 Å². The largest absolute Gasteiger partial charge is 0.360 e. The molecule has 2 aliphatic rings. The van der Waals surface area contributed by atoms with E-state index in [9.17, 15) is 13.2 Å². The molecule has 0 unspecified atom stereocenters. The summed E-state index contributed by atoms with van der Waals surface area (Å²) in [5.41, 5.74) is 2.29. The zero-order chi connectivity index (χ0) is 21.8. The number of benzene rings is 2. The van der Waals surface area contributed by atoms with Gasteiger partial charge < -0.3 is 15.2 Å². The highest BCUT2D eigenvalue weighted by molar-refractivity contribution is 7.89. The number of sulfonamides is 1. The molecule has 0 saturated carbocycles. The molecule has 2 aromatic carbocycles. The average molecular weight is 463 g/mol. The van der Waals surface area contributed by atoms with Crippen LogP contribution in [0.25, 0.3) is 10.9 Å². The molecule has 1 aromatic heterocycles. The summed E-state index contributed by atoms with van der Waals surface area (Å²) in [5.74, 6) is -0.856. The van der Waals surface area contributed by atoms with Crippen LogP contribution in [-0.2, 0) is 27.8 Å². The van der Waals surface area contributed by atoms with Gasteiger partial charge in [-0.15, -0.1) is 0 Å². The molecule has 3 aromatic rings. The van der Waals surface area contributed by atoms with Crippen molar-refractivity contribution >= 4 is 44.1 Å². The molecule has 3 N–H and O–H groups in total. The highest BCUT2D eigenvalue weighted by Gasteiger charge is 2.37. The summed E-state index contributed by atoms with van der Waals surface area (Å²) in [7, 11) is -3.95. The minimum Gasteiger partial charge on any atom is -0.360 e. The monoisotopic (exact) mass is 462 g/mol. The van der Waals surface area contributed by atoms with Gasteiger partial charge in [0.05, 0.1) is 15.6 Å². The van der Waals surface area contributed by atoms with Crippen LogP contribution >= 0.6 is 11.6 Å². The number of H-pyrrole nitrogens is 1. The number of amides is 1. The first-order chi connectivity index (χ1) is 14.8. The van der Waals surface area contributed by atoms with Crippen LogP contribution in [-0.4, -0.2) is 38.4 Å². The van der Waals surface area contributed by atoms with E-state index in [-0.39, 0.29) is 23.5 Å². The van der Waals surface area contributed by atoms with Gasteiger partial charge in [-0.25, -0.2) is 12.8 Å². The minimum atomic E-state index is -3.95. The third-order valence-corrected chi connectivity index (χ3v) is 7.68. The Kier molecular flexibility index (Phi) is 5.01. The second-order valence-electron chi connectivity index (χ2n) is 7.76. The Morgan fingerprint density at radius 3 is 2.90 bits per heavy atom. The SMILES string of the molecule is O=C1[C@@H](NS(=O)(=O)c2ccc3c(Cl)c[nH]c3c2)CCN1c1ccc2c(c1F)CCNC2. The van der Waals surface area contributed by atoms with Crippen molar-refractivity contribution in [3.63, 3.8) is 0 Å². The maximum absolute atomic E-state index is 15.1. The Morgan fingerprint density at radius 1 is 1.23 bits per heavy atom. The lowest BCUT2D eigenvalue weighted by Crippen LogP contribution is -2.41. The number of nitrogens with zero attached hydrogens (tertiary/aromatic N) is 1. The molecule has 1 fully saturated rings. The Labute approximate surface area is 183 Å². The number of carbonyl (C=O) groups excluding carboxylic acids is 1. The Bertz CT molecular complexity index is 1310. The van der Waals surface area contributed by atoms with Crippen molar-refractivity contribution in [3.05, 3.63) is 58.5 Å². The lowest BCUT2D eigenvalue weighted by molar-refractivity contribution is -0.118. The van der Waals surface area contributed by atoms with Gasteiger partial charge in [-0.3, -0.25) is 4.79 Å². The molecule has 1 atom stereocenters. The number of anilines is 1. The molecular formula is C21H20ClFN4O3S. The fourth-order valence-corrected chi connectivity index (χ4v) is 5.72. The van der Waals surface area contributed by atoms with Gasteiger partial charge in [-0.1, -0.05) is 17.7 Å². The van der Waals surface area contributed by atoms with E-state index >= 15 is 4.39 Å². The molecule has 0 aliphatic carbocycles. The number of halogens is 2. The van der Waals surface area contributed by atoms with Gasteiger partial charge in [0.1, 0.15) is 11.9 Å². The average Bonchev–Trinajstić information content (AvgIpc) is 3.31. The molecule has 1 saturated heterocycles. The molecular weight excluding hydrogens is 443 g/mol. The van der Waals surface area contributed by atoms with Crippen molar-refractivity contribution in [3.8, 4) is 0 Å². The smallest absolute Gasteiger partial charge is 0.245 e. The van der Waals surface area contributed by atoms with E-state index in [0.717, 1.165) is 5.56 Å². The highest BCUT2D eigenvalue weighted by atomic mass is 35.5. The molecule has 5 rings (SSSR count). The lowest BCUT2D eigenvalue weighted by atomic mass is 9.99. The predicted octanol–water partition coefficient (Wildman–Crippen LogP) is 2.69. The molecule has 1 amide bonds. The number of rotatable bonds is 4. The molecule has 162 valence electrons. The lowest BCUT2D eigenvalue weighted by Gasteiger charge is -2.23. The van der Waals surface area contributed by atoms with E-state index in [2.05, 4.69) is 15.0 Å². The van der Waals surface area contributed by atoms with Crippen LogP contribution in [0.3, 0.4) is 0 Å². The molecule has 31 heavy (non-hydrogen) atoms. The molecule has 0 spiro atoms. The number of hydrogen-bond donors (Lipinski definition) is 3. The van der Waals surface area contributed by atoms with Crippen LogP contribution < -0.4 is 14.9 Å². The zero-order valence-electron chi connectivity index (χ0n) is 16.4. The first-order valence-electron chi connectivity index (χ1n) is 9.96. The zero-order valence-corrected chi connectivity index (χ0v) is 18.0. The maximum Gasteiger partial charge on any atom is 0.245 e. The van der Waals surface area contributed by atoms with Crippen LogP contribution in [0.4, 0.5) is 10.1 Å². The standard InChI is InChI=1S/C21H20ClFN4O3S/c22-16-11-25-18-9-13(2-3-15(16)18)31(29,30)26-17-6-8-27(21(17)28)19-4-1-12-10-24-7-5-14(12)20(19)23/h1-4,9,11,17,24-26H,5-8,10H2/t17-/m0/s1. The molecule has 3 heterocycles. The van der Waals surface area contributed by atoms with Crippen molar-refractivity contribution < 1.29 is 17.6 Å². The van der Waals surface area contributed by atoms with E-state index in [1.165, 1.54) is 17.0 Å². The van der Waals surface area contributed by atoms with E-state index in [0.29, 0.717) is 41.0 Å². The van der Waals surface area contributed by atoms with Crippen molar-refractivity contribution in [2.45, 2.75) is 30.3 Å². The maximum atomic E-state index is 15.1. The summed E-state index contributed by atoms with van der Waals surface area (Å²) in [6, 6.07) is 6.99. The Hall–Kier alpha value is -2.46. The second kappa shape index (κ2) is 7.59. The van der Waals surface area contributed by atoms with Gasteiger partial charge in [0, 0.05) is 30.2 Å². The van der Waals surface area contributed by atoms with Gasteiger partial charge in [-0.2, -0.15) is 4.72 Å². The topological polar surface area (TPSA) is 94.3 Å². The van der Waals surface area contributed by atoms with E-state index in [1.54, 1.807) is 18.3 Å². The van der Waals surface area contributed by atoms with Crippen LogP contribution in [0.15, 0.2) is 41.4 Å². The van der Waals surface area contributed by atoms with Gasteiger partial charge in [0.2, 0.25) is 15.9 Å². The summed E-state index contributed by atoms with van der Waals surface area (Å²) in [6.07, 6.45) is 2.39. The third-order valence-electron chi connectivity index (χ3n) is 5.89. The molecule has 0 radical (unpaired) electrons. The highest BCUT2D eigenvalue weighted by Crippen LogP contribution is 2.31. The number of carbonyl (C=O) groups is 1. The van der Waals surface area contributed by atoms with Gasteiger partial charge in [-0.05, 0) is 54.8 Å². The first kappa shape index (κ1) is 20.4. The number of aromatic nitrogens is 1. The Balaban J connectivity index is 1.38. The van der Waals surface area contributed by atoms with Gasteiger partial charge in [0.25, 0.3) is 0 Å². The molecule has 7 nitrogen and oxygen atoms in total. The van der Waals surface area contributed by atoms with Gasteiger partial charge in [0.15, 0.2) is 0 Å². The van der Waals surface area contributed by atoms with E-state index in [4.69, 9.17) is 11.6 Å². The van der Waals surface area contributed by atoms with Gasteiger partial charge >= 0.3 is 0 Å². The minimum absolute atomic E-state index is 0.0252. The molecule has 10 heteroatoms. The van der Waals surface area contributed by atoms with E-state index < -0.39 is 27.8 Å². The fraction of sp³-hybridized carbons (Fsp3) is 0.286. The number of nitrogens with one attached hydrogen (secondary N) is 3. The summed E-state index contributed by atoms with van der Waals surface area (Å²) < 4.78 is 43.3.